The van der Waals surface area contributed by atoms with Crippen molar-refractivity contribution in [2.24, 2.45) is 0 Å². The summed E-state index contributed by atoms with van der Waals surface area (Å²) in [5.74, 6) is -0.269. The van der Waals surface area contributed by atoms with E-state index in [4.69, 9.17) is 11.6 Å². The summed E-state index contributed by atoms with van der Waals surface area (Å²) in [6, 6.07) is 0. The fraction of sp³-hybridized carbons (Fsp3) is 0.200. The Bertz CT molecular complexity index is 482. The number of nitrogens with one attached hydrogen (secondary N) is 1. The van der Waals surface area contributed by atoms with Crippen LogP contribution in [0.4, 0.5) is 0 Å². The number of amides is 1. The van der Waals surface area contributed by atoms with Gasteiger partial charge in [-0.3, -0.25) is 4.79 Å². The van der Waals surface area contributed by atoms with Crippen LogP contribution in [0.2, 0.25) is 5.15 Å². The molecule has 0 unspecified atom stereocenters. The second-order valence-electron chi connectivity index (χ2n) is 3.28. The van der Waals surface area contributed by atoms with Gasteiger partial charge in [0.25, 0.3) is 5.91 Å². The van der Waals surface area contributed by atoms with Crippen molar-refractivity contribution in [2.45, 2.75) is 6.54 Å². The molecule has 2 aromatic heterocycles. The number of halogens is 1. The van der Waals surface area contributed by atoms with E-state index in [0.29, 0.717) is 13.1 Å². The van der Waals surface area contributed by atoms with Crippen LogP contribution in [-0.2, 0) is 6.54 Å². The fourth-order valence-electron chi connectivity index (χ4n) is 1.24. The van der Waals surface area contributed by atoms with Crippen molar-refractivity contribution in [1.29, 1.82) is 0 Å². The topological polar surface area (TPSA) is 72.7 Å². The molecule has 2 aromatic rings. The number of nitrogens with zero attached hydrogens (tertiary/aromatic N) is 4. The Morgan fingerprint density at radius 1 is 1.41 bits per heavy atom. The molecule has 17 heavy (non-hydrogen) atoms. The fourth-order valence-corrected chi connectivity index (χ4v) is 1.34. The molecule has 7 heteroatoms. The summed E-state index contributed by atoms with van der Waals surface area (Å²) in [6.45, 7) is 1.16. The molecule has 1 amide bonds. The lowest BCUT2D eigenvalue weighted by atomic mass is 10.4. The maximum Gasteiger partial charge on any atom is 0.271 e. The molecule has 0 saturated carbocycles. The zero-order chi connectivity index (χ0) is 12.1. The van der Waals surface area contributed by atoms with Gasteiger partial charge in [0.05, 0.1) is 18.7 Å². The molecule has 0 aliphatic rings. The average molecular weight is 252 g/mol. The molecule has 0 saturated heterocycles. The van der Waals surface area contributed by atoms with Gasteiger partial charge in [0.2, 0.25) is 0 Å². The van der Waals surface area contributed by atoms with Crippen LogP contribution in [0.3, 0.4) is 0 Å². The lowest BCUT2D eigenvalue weighted by molar-refractivity contribution is 0.0947. The Morgan fingerprint density at radius 2 is 2.29 bits per heavy atom. The van der Waals surface area contributed by atoms with Crippen LogP contribution in [0.5, 0.6) is 0 Å². The monoisotopic (exact) mass is 251 g/mol. The van der Waals surface area contributed by atoms with Crippen molar-refractivity contribution >= 4 is 17.5 Å². The minimum absolute atomic E-state index is 0.250. The highest BCUT2D eigenvalue weighted by molar-refractivity contribution is 6.29. The molecule has 0 aromatic carbocycles. The maximum atomic E-state index is 11.6. The quantitative estimate of drug-likeness (QED) is 0.871. The van der Waals surface area contributed by atoms with E-state index in [0.717, 1.165) is 0 Å². The first-order chi connectivity index (χ1) is 8.25. The van der Waals surface area contributed by atoms with Gasteiger partial charge in [-0.15, -0.1) is 0 Å². The van der Waals surface area contributed by atoms with Crippen molar-refractivity contribution in [3.05, 3.63) is 42.0 Å². The predicted octanol–water partition coefficient (Wildman–Crippen LogP) is 0.756. The molecule has 2 heterocycles. The van der Waals surface area contributed by atoms with E-state index in [1.807, 2.05) is 10.8 Å². The standard InChI is InChI=1S/C10H10ClN5O/c11-9-6-14-8(5-15-9)10(17)13-2-4-16-3-1-12-7-16/h1,3,5-7H,2,4H2,(H,13,17). The van der Waals surface area contributed by atoms with Crippen LogP contribution < -0.4 is 5.32 Å². The van der Waals surface area contributed by atoms with Gasteiger partial charge in [0.15, 0.2) is 0 Å². The minimum atomic E-state index is -0.269. The summed E-state index contributed by atoms with van der Waals surface area (Å²) in [5, 5.41) is 2.99. The van der Waals surface area contributed by atoms with E-state index in [9.17, 15) is 4.79 Å². The maximum absolute atomic E-state index is 11.6. The molecular formula is C10H10ClN5O. The molecule has 0 aliphatic carbocycles. The third-order valence-electron chi connectivity index (χ3n) is 2.07. The molecule has 0 atom stereocenters. The van der Waals surface area contributed by atoms with Crippen LogP contribution in [-0.4, -0.2) is 32.0 Å². The first-order valence-corrected chi connectivity index (χ1v) is 5.35. The first kappa shape index (κ1) is 11.5. The largest absolute Gasteiger partial charge is 0.349 e. The SMILES string of the molecule is O=C(NCCn1ccnc1)c1cnc(Cl)cn1. The van der Waals surface area contributed by atoms with Gasteiger partial charge in [-0.05, 0) is 0 Å². The lowest BCUT2D eigenvalue weighted by Crippen LogP contribution is -2.27. The Labute approximate surface area is 103 Å². The summed E-state index contributed by atoms with van der Waals surface area (Å²) in [5.41, 5.74) is 0.250. The summed E-state index contributed by atoms with van der Waals surface area (Å²) in [7, 11) is 0. The Balaban J connectivity index is 1.83. The summed E-state index contributed by atoms with van der Waals surface area (Å²) in [6.07, 6.45) is 7.89. The number of hydrogen-bond donors (Lipinski definition) is 1. The van der Waals surface area contributed by atoms with Crippen molar-refractivity contribution in [1.82, 2.24) is 24.8 Å². The van der Waals surface area contributed by atoms with Crippen LogP contribution in [0.25, 0.3) is 0 Å². The highest BCUT2D eigenvalue weighted by atomic mass is 35.5. The normalized spacial score (nSPS) is 10.2. The average Bonchev–Trinajstić information content (AvgIpc) is 2.83. The zero-order valence-electron chi connectivity index (χ0n) is 8.88. The third-order valence-corrected chi connectivity index (χ3v) is 2.26. The summed E-state index contributed by atoms with van der Waals surface area (Å²) < 4.78 is 1.87. The molecule has 88 valence electrons. The lowest BCUT2D eigenvalue weighted by Gasteiger charge is -2.04. The van der Waals surface area contributed by atoms with E-state index < -0.39 is 0 Å². The molecular weight excluding hydrogens is 242 g/mol. The van der Waals surface area contributed by atoms with Crippen LogP contribution in [0, 0.1) is 0 Å². The molecule has 6 nitrogen and oxygen atoms in total. The van der Waals surface area contributed by atoms with Crippen molar-refractivity contribution in [3.8, 4) is 0 Å². The number of rotatable bonds is 4. The number of aromatic nitrogens is 4. The van der Waals surface area contributed by atoms with E-state index in [2.05, 4.69) is 20.3 Å². The van der Waals surface area contributed by atoms with Crippen molar-refractivity contribution < 1.29 is 4.79 Å². The van der Waals surface area contributed by atoms with Gasteiger partial charge in [-0.2, -0.15) is 0 Å². The van der Waals surface area contributed by atoms with Crippen molar-refractivity contribution in [2.75, 3.05) is 6.54 Å². The molecule has 0 radical (unpaired) electrons. The smallest absolute Gasteiger partial charge is 0.271 e. The number of imidazole rings is 1. The first-order valence-electron chi connectivity index (χ1n) is 4.97. The van der Waals surface area contributed by atoms with E-state index in [1.165, 1.54) is 12.4 Å². The second kappa shape index (κ2) is 5.40. The van der Waals surface area contributed by atoms with Crippen LogP contribution in [0.1, 0.15) is 10.5 Å². The zero-order valence-corrected chi connectivity index (χ0v) is 9.63. The van der Waals surface area contributed by atoms with Crippen LogP contribution >= 0.6 is 11.6 Å². The number of carbonyl (C=O) groups excluding carboxylic acids is 1. The minimum Gasteiger partial charge on any atom is -0.349 e. The molecule has 0 spiro atoms. The Hall–Kier alpha value is -1.95. The third kappa shape index (κ3) is 3.25. The highest BCUT2D eigenvalue weighted by Crippen LogP contribution is 2.00. The van der Waals surface area contributed by atoms with E-state index in [1.54, 1.807) is 12.5 Å². The molecule has 2 rings (SSSR count). The summed E-state index contributed by atoms with van der Waals surface area (Å²) in [4.78, 5) is 23.2. The van der Waals surface area contributed by atoms with Gasteiger partial charge in [0.1, 0.15) is 10.8 Å². The van der Waals surface area contributed by atoms with E-state index in [-0.39, 0.29) is 16.8 Å². The van der Waals surface area contributed by atoms with Crippen molar-refractivity contribution in [3.63, 3.8) is 0 Å². The molecule has 0 aliphatic heterocycles. The Morgan fingerprint density at radius 3 is 2.94 bits per heavy atom. The van der Waals surface area contributed by atoms with Gasteiger partial charge in [0, 0.05) is 25.5 Å². The summed E-state index contributed by atoms with van der Waals surface area (Å²) >= 11 is 5.57. The van der Waals surface area contributed by atoms with Crippen LogP contribution in [0.15, 0.2) is 31.1 Å². The Kier molecular flexibility index (Phi) is 3.66. The van der Waals surface area contributed by atoms with Gasteiger partial charge in [-0.25, -0.2) is 15.0 Å². The second-order valence-corrected chi connectivity index (χ2v) is 3.67. The number of carbonyl (C=O) groups is 1. The van der Waals surface area contributed by atoms with Gasteiger partial charge < -0.3 is 9.88 Å². The number of hydrogen-bond acceptors (Lipinski definition) is 4. The molecule has 0 bridgehead atoms. The molecule has 1 N–H and O–H groups in total. The van der Waals surface area contributed by atoms with Gasteiger partial charge in [-0.1, -0.05) is 11.6 Å². The highest BCUT2D eigenvalue weighted by Gasteiger charge is 2.06. The van der Waals surface area contributed by atoms with E-state index >= 15 is 0 Å². The molecule has 0 fully saturated rings. The predicted molar refractivity (Wildman–Crippen MR) is 61.6 cm³/mol. The van der Waals surface area contributed by atoms with Gasteiger partial charge >= 0.3 is 0 Å².